The van der Waals surface area contributed by atoms with Crippen molar-refractivity contribution in [1.29, 1.82) is 0 Å². The van der Waals surface area contributed by atoms with Crippen molar-refractivity contribution < 1.29 is 17.9 Å². The molecule has 0 aromatic carbocycles. The van der Waals surface area contributed by atoms with Gasteiger partial charge in [0.25, 0.3) is 0 Å². The second kappa shape index (κ2) is 7.90. The van der Waals surface area contributed by atoms with Gasteiger partial charge in [0.15, 0.2) is 0 Å². The second-order valence-electron chi connectivity index (χ2n) is 4.52. The van der Waals surface area contributed by atoms with Crippen molar-refractivity contribution >= 4 is 22.3 Å². The van der Waals surface area contributed by atoms with Crippen LogP contribution in [0, 0.1) is 0 Å². The number of carbonyl (C=O) groups is 1. The summed E-state index contributed by atoms with van der Waals surface area (Å²) in [6, 6.07) is 0. The van der Waals surface area contributed by atoms with Crippen LogP contribution >= 0.6 is 0 Å². The monoisotopic (exact) mass is 327 g/mol. The van der Waals surface area contributed by atoms with Crippen molar-refractivity contribution in [2.45, 2.75) is 20.3 Å². The van der Waals surface area contributed by atoms with Crippen molar-refractivity contribution in [2.24, 2.45) is 0 Å². The highest BCUT2D eigenvalue weighted by Gasteiger charge is 2.21. The van der Waals surface area contributed by atoms with E-state index >= 15 is 0 Å². The van der Waals surface area contributed by atoms with E-state index in [9.17, 15) is 13.2 Å². The lowest BCUT2D eigenvalue weighted by molar-refractivity contribution is -0.137. The number of imidazole rings is 1. The largest absolute Gasteiger partial charge is 0.463 e. The molecule has 0 atom stereocenters. The van der Waals surface area contributed by atoms with Gasteiger partial charge in [0, 0.05) is 26.6 Å². The second-order valence-corrected chi connectivity index (χ2v) is 6.54. The van der Waals surface area contributed by atoms with E-state index in [1.807, 2.05) is 19.1 Å². The highest BCUT2D eigenvalue weighted by Crippen LogP contribution is 2.15. The number of hydrogen-bond acceptors (Lipinski definition) is 5. The van der Waals surface area contributed by atoms with Crippen molar-refractivity contribution in [3.63, 3.8) is 0 Å². The van der Waals surface area contributed by atoms with E-state index in [1.54, 1.807) is 6.92 Å². The van der Waals surface area contributed by atoms with Gasteiger partial charge in [0.05, 0.1) is 18.0 Å². The van der Waals surface area contributed by atoms with Crippen LogP contribution < -0.4 is 0 Å². The van der Waals surface area contributed by atoms with Crippen LogP contribution in [0.25, 0.3) is 6.08 Å². The van der Waals surface area contributed by atoms with E-state index in [0.717, 1.165) is 8.28 Å². The Bertz CT molecular complexity index is 672. The van der Waals surface area contributed by atoms with E-state index in [2.05, 4.69) is 4.98 Å². The van der Waals surface area contributed by atoms with Gasteiger partial charge >= 0.3 is 16.2 Å². The Hall–Kier alpha value is -1.93. The molecule has 0 N–H and O–H groups in total. The molecule has 7 nitrogen and oxygen atoms in total. The molecule has 0 saturated heterocycles. The number of hydrogen-bond donors (Lipinski definition) is 0. The van der Waals surface area contributed by atoms with E-state index in [1.165, 1.54) is 32.6 Å². The quantitative estimate of drug-likeness (QED) is 0.427. The van der Waals surface area contributed by atoms with E-state index in [0.29, 0.717) is 17.8 Å². The molecule has 0 aliphatic heterocycles. The van der Waals surface area contributed by atoms with Crippen LogP contribution in [0.1, 0.15) is 25.2 Å². The van der Waals surface area contributed by atoms with Crippen molar-refractivity contribution in [3.8, 4) is 0 Å². The van der Waals surface area contributed by atoms with Crippen molar-refractivity contribution in [2.75, 3.05) is 20.7 Å². The Morgan fingerprint density at radius 1 is 1.45 bits per heavy atom. The van der Waals surface area contributed by atoms with Gasteiger partial charge < -0.3 is 4.74 Å². The third kappa shape index (κ3) is 4.28. The fourth-order valence-corrected chi connectivity index (χ4v) is 2.61. The molecule has 0 unspecified atom stereocenters. The van der Waals surface area contributed by atoms with Crippen LogP contribution in [0.15, 0.2) is 24.6 Å². The summed E-state index contributed by atoms with van der Waals surface area (Å²) in [4.78, 5) is 15.4. The van der Waals surface area contributed by atoms with Gasteiger partial charge in [-0.15, -0.1) is 0 Å². The molecule has 0 spiro atoms. The van der Waals surface area contributed by atoms with Gasteiger partial charge in [-0.05, 0) is 19.9 Å². The first-order valence-corrected chi connectivity index (χ1v) is 8.19. The van der Waals surface area contributed by atoms with Crippen LogP contribution in [0.2, 0.25) is 0 Å². The Morgan fingerprint density at radius 3 is 2.68 bits per heavy atom. The topological polar surface area (TPSA) is 81.5 Å². The Kier molecular flexibility index (Phi) is 6.51. The molecule has 0 amide bonds. The SMILES string of the molecule is C/C=C/Cc1c(/C=C/C(=O)OCC)ncn1S(=O)(=O)N(C)C. The number of rotatable bonds is 7. The fourth-order valence-electron chi connectivity index (χ4n) is 1.65. The lowest BCUT2D eigenvalue weighted by atomic mass is 10.2. The molecular formula is C14H21N3O4S. The molecule has 8 heteroatoms. The molecule has 0 bridgehead atoms. The van der Waals surface area contributed by atoms with Gasteiger partial charge in [0.2, 0.25) is 0 Å². The van der Waals surface area contributed by atoms with E-state index in [-0.39, 0.29) is 6.61 Å². The van der Waals surface area contributed by atoms with Crippen LogP contribution in [-0.4, -0.2) is 48.4 Å². The smallest absolute Gasteiger partial charge is 0.330 e. The lowest BCUT2D eigenvalue weighted by Gasteiger charge is -2.14. The molecule has 122 valence electrons. The number of aromatic nitrogens is 2. The van der Waals surface area contributed by atoms with Gasteiger partial charge in [-0.25, -0.2) is 13.8 Å². The molecule has 1 rings (SSSR count). The Morgan fingerprint density at radius 2 is 2.14 bits per heavy atom. The van der Waals surface area contributed by atoms with Crippen LogP contribution in [0.3, 0.4) is 0 Å². The van der Waals surface area contributed by atoms with Crippen LogP contribution in [0.4, 0.5) is 0 Å². The standard InChI is InChI=1S/C14H21N3O4S/c1-5-7-8-13-12(9-10-14(18)21-6-2)15-11-17(13)22(19,20)16(3)4/h5,7,9-11H,6,8H2,1-4H3/b7-5+,10-9+. The molecule has 0 aliphatic carbocycles. The molecule has 0 saturated carbocycles. The first-order chi connectivity index (χ1) is 10.3. The van der Waals surface area contributed by atoms with Crippen LogP contribution in [0.5, 0.6) is 0 Å². The first kappa shape index (κ1) is 18.1. The normalized spacial score (nSPS) is 12.6. The number of ether oxygens (including phenoxy) is 1. The zero-order chi connectivity index (χ0) is 16.8. The third-order valence-corrected chi connectivity index (χ3v) is 4.52. The number of esters is 1. The number of allylic oxidation sites excluding steroid dienone is 2. The minimum atomic E-state index is -3.66. The zero-order valence-electron chi connectivity index (χ0n) is 13.2. The van der Waals surface area contributed by atoms with Gasteiger partial charge in [0.1, 0.15) is 6.33 Å². The summed E-state index contributed by atoms with van der Waals surface area (Å²) in [5.41, 5.74) is 0.893. The zero-order valence-corrected chi connectivity index (χ0v) is 14.0. The molecule has 0 fully saturated rings. The van der Waals surface area contributed by atoms with Gasteiger partial charge in [-0.3, -0.25) is 0 Å². The molecular weight excluding hydrogens is 306 g/mol. The first-order valence-electron chi connectivity index (χ1n) is 6.79. The maximum Gasteiger partial charge on any atom is 0.330 e. The molecule has 1 aromatic heterocycles. The third-order valence-electron chi connectivity index (χ3n) is 2.78. The molecule has 22 heavy (non-hydrogen) atoms. The predicted molar refractivity (Wildman–Crippen MR) is 84.4 cm³/mol. The Labute approximate surface area is 131 Å². The summed E-state index contributed by atoms with van der Waals surface area (Å²) in [7, 11) is -0.768. The van der Waals surface area contributed by atoms with Crippen molar-refractivity contribution in [1.82, 2.24) is 13.3 Å². The summed E-state index contributed by atoms with van der Waals surface area (Å²) < 4.78 is 31.6. The highest BCUT2D eigenvalue weighted by molar-refractivity contribution is 7.87. The minimum Gasteiger partial charge on any atom is -0.463 e. The van der Waals surface area contributed by atoms with Gasteiger partial charge in [-0.2, -0.15) is 12.7 Å². The number of nitrogens with zero attached hydrogens (tertiary/aromatic N) is 3. The molecule has 1 aromatic rings. The molecule has 0 aliphatic rings. The summed E-state index contributed by atoms with van der Waals surface area (Å²) in [6.07, 6.45) is 7.94. The summed E-state index contributed by atoms with van der Waals surface area (Å²) in [5, 5.41) is 0. The summed E-state index contributed by atoms with van der Waals surface area (Å²) in [5.74, 6) is -0.496. The maximum atomic E-state index is 12.3. The van der Waals surface area contributed by atoms with Crippen molar-refractivity contribution in [3.05, 3.63) is 35.9 Å². The molecule has 1 heterocycles. The minimum absolute atomic E-state index is 0.276. The van der Waals surface area contributed by atoms with E-state index < -0.39 is 16.2 Å². The lowest BCUT2D eigenvalue weighted by Crippen LogP contribution is -2.29. The fraction of sp³-hybridized carbons (Fsp3) is 0.429. The van der Waals surface area contributed by atoms with Gasteiger partial charge in [-0.1, -0.05) is 12.2 Å². The Balaban J connectivity index is 3.25. The maximum absolute atomic E-state index is 12.3. The average molecular weight is 327 g/mol. The summed E-state index contributed by atoms with van der Waals surface area (Å²) in [6.45, 7) is 3.83. The molecule has 0 radical (unpaired) electrons. The average Bonchev–Trinajstić information content (AvgIpc) is 2.86. The van der Waals surface area contributed by atoms with E-state index in [4.69, 9.17) is 4.74 Å². The predicted octanol–water partition coefficient (Wildman–Crippen LogP) is 1.23. The summed E-state index contributed by atoms with van der Waals surface area (Å²) >= 11 is 0. The van der Waals surface area contributed by atoms with Crippen LogP contribution in [-0.2, 0) is 26.2 Å². The number of carbonyl (C=O) groups excluding carboxylic acids is 1. The highest BCUT2D eigenvalue weighted by atomic mass is 32.2.